The lowest BCUT2D eigenvalue weighted by Gasteiger charge is -2.66. The number of rotatable bonds is 5. The fourth-order valence-corrected chi connectivity index (χ4v) is 8.41. The third kappa shape index (κ3) is 5.56. The van der Waals surface area contributed by atoms with Crippen molar-refractivity contribution in [2.24, 2.45) is 17.3 Å². The smallest absolute Gasteiger partial charge is 0.340 e. The first-order chi connectivity index (χ1) is 23.7. The first-order valence-electron chi connectivity index (χ1n) is 16.3. The van der Waals surface area contributed by atoms with E-state index in [-0.39, 0.29) is 11.3 Å². The molecular weight excluding hydrogens is 678 g/mol. The third-order valence-corrected chi connectivity index (χ3v) is 10.6. The minimum atomic E-state index is -2.78. The van der Waals surface area contributed by atoms with E-state index in [1.165, 1.54) is 32.2 Å². The van der Waals surface area contributed by atoms with Crippen molar-refractivity contribution >= 4 is 41.6 Å². The molecule has 17 heteroatoms. The zero-order valence-corrected chi connectivity index (χ0v) is 29.3. The van der Waals surface area contributed by atoms with Gasteiger partial charge in [-0.25, -0.2) is 4.79 Å². The Hall–Kier alpha value is -4.48. The molecule has 1 aromatic rings. The van der Waals surface area contributed by atoms with Crippen LogP contribution in [0.15, 0.2) is 18.3 Å². The Kier molecular flexibility index (Phi) is 9.58. The van der Waals surface area contributed by atoms with Gasteiger partial charge < -0.3 is 43.4 Å². The van der Waals surface area contributed by atoms with Gasteiger partial charge in [-0.15, -0.1) is 0 Å². The number of aliphatic hydroxyl groups is 2. The number of carbonyl (C=O) groups is 7. The quantitative estimate of drug-likeness (QED) is 0.303. The van der Waals surface area contributed by atoms with Crippen molar-refractivity contribution in [2.45, 2.75) is 109 Å². The maximum atomic E-state index is 14.9. The molecule has 0 unspecified atom stereocenters. The van der Waals surface area contributed by atoms with E-state index in [0.717, 1.165) is 34.6 Å². The Morgan fingerprint density at radius 2 is 1.53 bits per heavy atom. The Labute approximate surface area is 292 Å². The van der Waals surface area contributed by atoms with E-state index in [1.54, 1.807) is 6.92 Å². The zero-order chi connectivity index (χ0) is 38.0. The highest BCUT2D eigenvalue weighted by Gasteiger charge is 2.91. The Balaban J connectivity index is 1.92. The fourth-order valence-electron chi connectivity index (χ4n) is 8.41. The van der Waals surface area contributed by atoms with E-state index in [1.807, 2.05) is 0 Å². The molecule has 51 heavy (non-hydrogen) atoms. The minimum Gasteiger partial charge on any atom is -0.465 e. The van der Waals surface area contributed by atoms with Crippen LogP contribution in [0, 0.1) is 17.3 Å². The first-order valence-corrected chi connectivity index (χ1v) is 16.3. The molecule has 4 bridgehead atoms. The van der Waals surface area contributed by atoms with Crippen LogP contribution in [0.1, 0.15) is 77.4 Å². The van der Waals surface area contributed by atoms with Gasteiger partial charge in [0, 0.05) is 39.8 Å². The van der Waals surface area contributed by atoms with Gasteiger partial charge in [-0.3, -0.25) is 33.8 Å². The summed E-state index contributed by atoms with van der Waals surface area (Å²) in [4.78, 5) is 97.7. The average Bonchev–Trinajstić information content (AvgIpc) is 3.27. The molecule has 0 amide bonds. The number of aliphatic hydroxyl groups excluding tert-OH is 1. The number of carbonyl (C=O) groups excluding carboxylic acids is 7. The number of hydrogen-bond donors (Lipinski definition) is 2. The van der Waals surface area contributed by atoms with E-state index >= 15 is 0 Å². The van der Waals surface area contributed by atoms with Crippen LogP contribution < -0.4 is 0 Å². The van der Waals surface area contributed by atoms with Crippen molar-refractivity contribution in [1.82, 2.24) is 4.98 Å². The van der Waals surface area contributed by atoms with Crippen molar-refractivity contribution in [2.75, 3.05) is 13.2 Å². The second-order valence-electron chi connectivity index (χ2n) is 14.0. The Bertz CT molecular complexity index is 1670. The molecule has 1 aromatic heterocycles. The van der Waals surface area contributed by atoms with Crippen molar-refractivity contribution < 1.29 is 76.9 Å². The van der Waals surface area contributed by atoms with Crippen LogP contribution in [0.2, 0.25) is 0 Å². The van der Waals surface area contributed by atoms with Crippen LogP contribution in [-0.2, 0) is 61.9 Å². The number of ether oxygens (including phenoxy) is 7. The molecule has 4 aliphatic rings. The Morgan fingerprint density at radius 1 is 0.922 bits per heavy atom. The van der Waals surface area contributed by atoms with Gasteiger partial charge in [-0.2, -0.15) is 0 Å². The molecule has 0 radical (unpaired) electrons. The molecule has 1 spiro atoms. The van der Waals surface area contributed by atoms with E-state index in [0.29, 0.717) is 0 Å². The second-order valence-corrected chi connectivity index (χ2v) is 14.0. The number of ketones is 1. The van der Waals surface area contributed by atoms with Gasteiger partial charge in [-0.1, -0.05) is 13.8 Å². The van der Waals surface area contributed by atoms with Crippen molar-refractivity contribution in [3.05, 3.63) is 29.6 Å². The van der Waals surface area contributed by atoms with Crippen molar-refractivity contribution in [3.8, 4) is 0 Å². The molecule has 2 aliphatic carbocycles. The summed E-state index contributed by atoms with van der Waals surface area (Å²) in [5, 5.41) is 25.0. The predicted molar refractivity (Wildman–Crippen MR) is 165 cm³/mol. The summed E-state index contributed by atoms with van der Waals surface area (Å²) in [6.45, 7) is 7.50. The maximum absolute atomic E-state index is 14.9. The summed E-state index contributed by atoms with van der Waals surface area (Å²) < 4.78 is 40.9. The minimum absolute atomic E-state index is 0.0311. The predicted octanol–water partition coefficient (Wildman–Crippen LogP) is 0.100. The van der Waals surface area contributed by atoms with Gasteiger partial charge in [0.2, 0.25) is 0 Å². The van der Waals surface area contributed by atoms with Crippen LogP contribution in [-0.4, -0.2) is 117 Å². The van der Waals surface area contributed by atoms with Gasteiger partial charge >= 0.3 is 35.8 Å². The molecule has 12 atom stereocenters. The van der Waals surface area contributed by atoms with Crippen LogP contribution in [0.5, 0.6) is 0 Å². The average molecular weight is 720 g/mol. The fraction of sp³-hybridized carbons (Fsp3) is 0.647. The van der Waals surface area contributed by atoms with E-state index in [4.69, 9.17) is 33.2 Å². The molecule has 17 nitrogen and oxygen atoms in total. The van der Waals surface area contributed by atoms with Crippen LogP contribution in [0.3, 0.4) is 0 Å². The molecule has 3 heterocycles. The van der Waals surface area contributed by atoms with Crippen LogP contribution >= 0.6 is 0 Å². The molecule has 1 saturated heterocycles. The lowest BCUT2D eigenvalue weighted by Crippen LogP contribution is -2.88. The number of fused-ring (bicyclic) bond motifs is 5. The number of cyclic esters (lactones) is 1. The summed E-state index contributed by atoms with van der Waals surface area (Å²) in [7, 11) is 0. The van der Waals surface area contributed by atoms with Gasteiger partial charge in [0.25, 0.3) is 0 Å². The van der Waals surface area contributed by atoms with Gasteiger partial charge in [0.05, 0.1) is 23.1 Å². The number of aromatic nitrogens is 1. The number of esters is 6. The highest BCUT2D eigenvalue weighted by molar-refractivity contribution is 5.94. The lowest BCUT2D eigenvalue weighted by molar-refractivity contribution is -0.376. The molecule has 5 rings (SSSR count). The van der Waals surface area contributed by atoms with Gasteiger partial charge in [0.15, 0.2) is 23.6 Å². The topological polar surface area (TPSA) is 237 Å². The molecule has 278 valence electrons. The standard InChI is InChI=1S/C34H41NO16/c1-14-15(2)29(42)50-26-24(41)28(49-19(6)39)33(13-45-16(3)36)27(48-18(5)38)23(40)21-25(47-17(4)37)34(33,32(26,8)44)51-31(21,7)12-46-30(43)20-10-9-11-35-22(14)20/h9-11,14-15,21,24-28,41,44H,12-13H2,1-8H3/t14-,15-,21+,24-,25+,26-,27+,28-,31-,32-,33+,34-/m1/s1. The van der Waals surface area contributed by atoms with Crippen LogP contribution in [0.4, 0.5) is 0 Å². The Morgan fingerprint density at radius 3 is 2.12 bits per heavy atom. The highest BCUT2D eigenvalue weighted by atomic mass is 16.7. The molecule has 2 saturated carbocycles. The summed E-state index contributed by atoms with van der Waals surface area (Å²) in [6.07, 6.45) is -9.12. The highest BCUT2D eigenvalue weighted by Crippen LogP contribution is 2.68. The summed E-state index contributed by atoms with van der Waals surface area (Å²) >= 11 is 0. The molecular formula is C34H41NO16. The summed E-state index contributed by atoms with van der Waals surface area (Å²) in [5.74, 6) is -10.7. The van der Waals surface area contributed by atoms with E-state index < -0.39 is 125 Å². The van der Waals surface area contributed by atoms with Crippen molar-refractivity contribution in [3.63, 3.8) is 0 Å². The van der Waals surface area contributed by atoms with Gasteiger partial charge in [-0.05, 0) is 26.0 Å². The van der Waals surface area contributed by atoms with E-state index in [9.17, 15) is 43.8 Å². The van der Waals surface area contributed by atoms with Crippen molar-refractivity contribution in [1.29, 1.82) is 0 Å². The maximum Gasteiger partial charge on any atom is 0.340 e. The molecule has 0 aromatic carbocycles. The summed E-state index contributed by atoms with van der Waals surface area (Å²) in [6, 6.07) is 2.89. The monoisotopic (exact) mass is 719 g/mol. The summed E-state index contributed by atoms with van der Waals surface area (Å²) in [5.41, 5.74) is -10.0. The molecule has 2 aliphatic heterocycles. The number of pyridine rings is 1. The lowest BCUT2D eigenvalue weighted by atomic mass is 9.45. The SMILES string of the molecule is CC(=O)OC[C@]12[C@H](OC(C)=O)[C@H](O)[C@H]3OC(=O)[C@H](C)[C@@H](C)c4ncccc4C(=O)OC[C@@]4(C)O[C@]1([C@@H](OC(C)=O)[C@@H]4C(=O)[C@@H]2OC(C)=O)[C@]3(C)O. The zero-order valence-electron chi connectivity index (χ0n) is 29.3. The van der Waals surface area contributed by atoms with E-state index in [2.05, 4.69) is 4.98 Å². The third-order valence-electron chi connectivity index (χ3n) is 10.6. The second kappa shape index (κ2) is 12.9. The number of Topliss-reactive ketones (excluding diaryl/α,β-unsaturated/α-hetero) is 1. The van der Waals surface area contributed by atoms with Gasteiger partial charge in [0.1, 0.15) is 48.1 Å². The number of nitrogens with zero attached hydrogens (tertiary/aromatic N) is 1. The first kappa shape index (κ1) is 37.8. The van der Waals surface area contributed by atoms with Crippen LogP contribution in [0.25, 0.3) is 0 Å². The normalized spacial score (nSPS) is 40.2. The number of hydrogen-bond acceptors (Lipinski definition) is 17. The molecule has 3 fully saturated rings. The largest absolute Gasteiger partial charge is 0.465 e. The molecule has 2 N–H and O–H groups in total.